The fourth-order valence-electron chi connectivity index (χ4n) is 5.61. The van der Waals surface area contributed by atoms with E-state index in [4.69, 9.17) is 5.73 Å². The Labute approximate surface area is 237 Å². The zero-order valence-electron chi connectivity index (χ0n) is 24.3. The summed E-state index contributed by atoms with van der Waals surface area (Å²) in [5.41, 5.74) is 7.96. The summed E-state index contributed by atoms with van der Waals surface area (Å²) >= 11 is 0. The molecule has 2 aromatic carbocycles. The Morgan fingerprint density at radius 2 is 1.80 bits per heavy atom. The van der Waals surface area contributed by atoms with Crippen molar-refractivity contribution in [2.24, 2.45) is 11.7 Å². The van der Waals surface area contributed by atoms with E-state index in [2.05, 4.69) is 22.4 Å². The first-order valence-corrected chi connectivity index (χ1v) is 14.3. The standard InChI is InChI=1S/C32H43N5O3/c1-6-16-36(19-26-25(22-12-8-7-9-13-22)20-37(21(2)3)29(26)38)30(39)28(35-31(40)32(4,5)33)17-23-18-34-27-15-11-10-14-24(23)27/h7-15,18,21,25-26,28,34H,6,16-17,19-20,33H2,1-5H3,(H,35,40). The molecule has 4 N–H and O–H groups in total. The number of benzene rings is 2. The summed E-state index contributed by atoms with van der Waals surface area (Å²) in [5, 5.41) is 3.95. The van der Waals surface area contributed by atoms with Gasteiger partial charge >= 0.3 is 0 Å². The molecule has 0 aliphatic carbocycles. The molecule has 2 heterocycles. The van der Waals surface area contributed by atoms with Gasteiger partial charge in [0.05, 0.1) is 11.5 Å². The molecule has 0 saturated carbocycles. The van der Waals surface area contributed by atoms with Gasteiger partial charge in [0.25, 0.3) is 0 Å². The predicted octanol–water partition coefficient (Wildman–Crippen LogP) is 3.82. The molecule has 40 heavy (non-hydrogen) atoms. The van der Waals surface area contributed by atoms with Crippen LogP contribution in [0.4, 0.5) is 0 Å². The van der Waals surface area contributed by atoms with Crippen LogP contribution in [-0.4, -0.2) is 69.8 Å². The van der Waals surface area contributed by atoms with E-state index in [9.17, 15) is 14.4 Å². The highest BCUT2D eigenvalue weighted by molar-refractivity contribution is 5.93. The maximum Gasteiger partial charge on any atom is 0.245 e. The third-order valence-electron chi connectivity index (χ3n) is 7.84. The number of aromatic amines is 1. The molecule has 0 spiro atoms. The summed E-state index contributed by atoms with van der Waals surface area (Å²) in [4.78, 5) is 47.9. The van der Waals surface area contributed by atoms with Gasteiger partial charge in [-0.15, -0.1) is 0 Å². The number of carbonyl (C=O) groups excluding carboxylic acids is 3. The molecule has 3 aromatic rings. The zero-order valence-corrected chi connectivity index (χ0v) is 24.3. The number of nitrogens with one attached hydrogen (secondary N) is 2. The zero-order chi connectivity index (χ0) is 29.0. The van der Waals surface area contributed by atoms with Crippen LogP contribution in [0, 0.1) is 5.92 Å². The first-order chi connectivity index (χ1) is 19.0. The van der Waals surface area contributed by atoms with E-state index in [0.29, 0.717) is 26.1 Å². The highest BCUT2D eigenvalue weighted by Gasteiger charge is 2.44. The minimum Gasteiger partial charge on any atom is -0.361 e. The first kappa shape index (κ1) is 29.3. The molecular formula is C32H43N5O3. The van der Waals surface area contributed by atoms with Crippen LogP contribution < -0.4 is 11.1 Å². The number of nitrogens with two attached hydrogens (primary N) is 1. The van der Waals surface area contributed by atoms with Gasteiger partial charge in [-0.05, 0) is 51.3 Å². The molecule has 1 aliphatic heterocycles. The first-order valence-electron chi connectivity index (χ1n) is 14.3. The monoisotopic (exact) mass is 545 g/mol. The van der Waals surface area contributed by atoms with Crippen LogP contribution in [0.1, 0.15) is 58.1 Å². The SMILES string of the molecule is CCCN(CC1C(=O)N(C(C)C)CC1c1ccccc1)C(=O)C(Cc1c[nH]c2ccccc12)NC(=O)C(C)(C)N. The molecule has 3 unspecified atom stereocenters. The fourth-order valence-corrected chi connectivity index (χ4v) is 5.61. The number of likely N-dealkylation sites (tertiary alicyclic amines) is 1. The molecule has 8 nitrogen and oxygen atoms in total. The second-order valence-electron chi connectivity index (χ2n) is 11.8. The van der Waals surface area contributed by atoms with Gasteiger partial charge in [-0.1, -0.05) is 55.5 Å². The van der Waals surface area contributed by atoms with Crippen molar-refractivity contribution < 1.29 is 14.4 Å². The maximum atomic E-state index is 14.2. The van der Waals surface area contributed by atoms with Crippen LogP contribution in [0.5, 0.6) is 0 Å². The van der Waals surface area contributed by atoms with Crippen LogP contribution in [0.2, 0.25) is 0 Å². The molecule has 214 valence electrons. The average molecular weight is 546 g/mol. The highest BCUT2D eigenvalue weighted by atomic mass is 16.2. The number of hydrogen-bond acceptors (Lipinski definition) is 4. The summed E-state index contributed by atoms with van der Waals surface area (Å²) in [7, 11) is 0. The van der Waals surface area contributed by atoms with E-state index in [-0.39, 0.29) is 29.7 Å². The molecule has 3 atom stereocenters. The lowest BCUT2D eigenvalue weighted by molar-refractivity contribution is -0.140. The number of carbonyl (C=O) groups is 3. The number of nitrogens with zero attached hydrogens (tertiary/aromatic N) is 2. The number of para-hydroxylation sites is 1. The van der Waals surface area contributed by atoms with E-state index in [1.807, 2.05) is 74.3 Å². The number of hydrogen-bond donors (Lipinski definition) is 3. The number of fused-ring (bicyclic) bond motifs is 1. The topological polar surface area (TPSA) is 112 Å². The summed E-state index contributed by atoms with van der Waals surface area (Å²) in [6, 6.07) is 17.2. The van der Waals surface area contributed by atoms with Gasteiger partial charge < -0.3 is 25.8 Å². The number of rotatable bonds is 11. The predicted molar refractivity (Wildman–Crippen MR) is 159 cm³/mol. The smallest absolute Gasteiger partial charge is 0.245 e. The highest BCUT2D eigenvalue weighted by Crippen LogP contribution is 2.35. The molecule has 1 saturated heterocycles. The molecule has 1 fully saturated rings. The number of amides is 3. The molecule has 1 aliphatic rings. The maximum absolute atomic E-state index is 14.2. The Kier molecular flexibility index (Phi) is 8.98. The summed E-state index contributed by atoms with van der Waals surface area (Å²) < 4.78 is 0. The lowest BCUT2D eigenvalue weighted by atomic mass is 9.88. The van der Waals surface area contributed by atoms with E-state index in [1.54, 1.807) is 18.7 Å². The van der Waals surface area contributed by atoms with Crippen molar-refractivity contribution in [1.82, 2.24) is 20.1 Å². The quantitative estimate of drug-likeness (QED) is 0.340. The molecule has 0 radical (unpaired) electrons. The summed E-state index contributed by atoms with van der Waals surface area (Å²) in [6.07, 6.45) is 2.93. The molecular weight excluding hydrogens is 502 g/mol. The number of aromatic nitrogens is 1. The van der Waals surface area contributed by atoms with Gasteiger partial charge in [-0.3, -0.25) is 14.4 Å². The molecule has 1 aromatic heterocycles. The minimum absolute atomic E-state index is 0.0205. The Balaban J connectivity index is 1.65. The van der Waals surface area contributed by atoms with Crippen LogP contribution in [0.15, 0.2) is 60.8 Å². The number of H-pyrrole nitrogens is 1. The van der Waals surface area contributed by atoms with E-state index in [0.717, 1.165) is 28.5 Å². The largest absolute Gasteiger partial charge is 0.361 e. The Hall–Kier alpha value is -3.65. The Morgan fingerprint density at radius 3 is 2.45 bits per heavy atom. The molecule has 4 rings (SSSR count). The van der Waals surface area contributed by atoms with Crippen molar-refractivity contribution >= 4 is 28.6 Å². The van der Waals surface area contributed by atoms with E-state index >= 15 is 0 Å². The van der Waals surface area contributed by atoms with Crippen molar-refractivity contribution in [3.8, 4) is 0 Å². The van der Waals surface area contributed by atoms with Crippen molar-refractivity contribution in [1.29, 1.82) is 0 Å². The van der Waals surface area contributed by atoms with Crippen LogP contribution >= 0.6 is 0 Å². The molecule has 0 bridgehead atoms. The van der Waals surface area contributed by atoms with Gasteiger partial charge in [-0.25, -0.2) is 0 Å². The van der Waals surface area contributed by atoms with Gasteiger partial charge in [0.2, 0.25) is 17.7 Å². The van der Waals surface area contributed by atoms with E-state index in [1.165, 1.54) is 0 Å². The van der Waals surface area contributed by atoms with Crippen LogP contribution in [0.25, 0.3) is 10.9 Å². The molecule has 3 amide bonds. The third-order valence-corrected chi connectivity index (χ3v) is 7.84. The van der Waals surface area contributed by atoms with Gasteiger partial charge in [0.1, 0.15) is 6.04 Å². The van der Waals surface area contributed by atoms with Crippen molar-refractivity contribution in [3.63, 3.8) is 0 Å². The minimum atomic E-state index is -1.15. The van der Waals surface area contributed by atoms with Crippen LogP contribution in [0.3, 0.4) is 0 Å². The Morgan fingerprint density at radius 1 is 1.12 bits per heavy atom. The average Bonchev–Trinajstić information content (AvgIpc) is 3.48. The van der Waals surface area contributed by atoms with Gasteiger partial charge in [-0.2, -0.15) is 0 Å². The van der Waals surface area contributed by atoms with Crippen molar-refractivity contribution in [3.05, 3.63) is 71.9 Å². The normalized spacial score (nSPS) is 18.4. The van der Waals surface area contributed by atoms with Crippen molar-refractivity contribution in [2.75, 3.05) is 19.6 Å². The summed E-state index contributed by atoms with van der Waals surface area (Å²) in [5.74, 6) is -0.916. The second kappa shape index (κ2) is 12.3. The van der Waals surface area contributed by atoms with Gasteiger partial charge in [0.15, 0.2) is 0 Å². The third kappa shape index (κ3) is 6.39. The van der Waals surface area contributed by atoms with Crippen molar-refractivity contribution in [2.45, 2.75) is 71.0 Å². The Bertz CT molecular complexity index is 1330. The lowest BCUT2D eigenvalue weighted by Gasteiger charge is -2.32. The lowest BCUT2D eigenvalue weighted by Crippen LogP contribution is -2.57. The van der Waals surface area contributed by atoms with E-state index < -0.39 is 17.5 Å². The molecule has 8 heteroatoms. The van der Waals surface area contributed by atoms with Crippen LogP contribution in [-0.2, 0) is 20.8 Å². The van der Waals surface area contributed by atoms with Gasteiger partial charge in [0, 0.05) is 55.1 Å². The fraction of sp³-hybridized carbons (Fsp3) is 0.469. The summed E-state index contributed by atoms with van der Waals surface area (Å²) in [6.45, 7) is 10.7. The second-order valence-corrected chi connectivity index (χ2v) is 11.8.